The lowest BCUT2D eigenvalue weighted by molar-refractivity contribution is -0.124. The molecule has 104 valence electrons. The van der Waals surface area contributed by atoms with Gasteiger partial charge in [0.05, 0.1) is 11.3 Å². The van der Waals surface area contributed by atoms with Crippen molar-refractivity contribution in [3.05, 3.63) is 0 Å². The van der Waals surface area contributed by atoms with Gasteiger partial charge in [-0.25, -0.2) is 9.48 Å². The van der Waals surface area contributed by atoms with Crippen LogP contribution in [0.25, 0.3) is 0 Å². The van der Waals surface area contributed by atoms with Crippen LogP contribution < -0.4 is 5.32 Å². The van der Waals surface area contributed by atoms with Gasteiger partial charge in [0.25, 0.3) is 0 Å². The van der Waals surface area contributed by atoms with Crippen LogP contribution >= 0.6 is 11.8 Å². The van der Waals surface area contributed by atoms with Crippen molar-refractivity contribution in [1.82, 2.24) is 30.4 Å². The quantitative estimate of drug-likeness (QED) is 0.790. The Morgan fingerprint density at radius 2 is 2.21 bits per heavy atom. The molecule has 0 spiro atoms. The fraction of sp³-hybridized carbons (Fsp3) is 0.700. The summed E-state index contributed by atoms with van der Waals surface area (Å²) < 4.78 is 1.66. The first-order valence-electron chi connectivity index (χ1n) is 5.89. The first-order chi connectivity index (χ1) is 8.89. The van der Waals surface area contributed by atoms with Gasteiger partial charge in [0.15, 0.2) is 0 Å². The molecule has 0 aromatic carbocycles. The van der Waals surface area contributed by atoms with Gasteiger partial charge >= 0.3 is 6.03 Å². The Hall–Kier alpha value is -1.64. The summed E-state index contributed by atoms with van der Waals surface area (Å²) >= 11 is 1.23. The SMILES string of the molecule is CC(C)(C)n1nnnc1SCC(=O)N1CCNC1=O. The van der Waals surface area contributed by atoms with Gasteiger partial charge in [0, 0.05) is 13.1 Å². The molecule has 1 aromatic rings. The monoisotopic (exact) mass is 284 g/mol. The van der Waals surface area contributed by atoms with E-state index in [9.17, 15) is 9.59 Å². The second kappa shape index (κ2) is 5.16. The third-order valence-electron chi connectivity index (χ3n) is 2.56. The van der Waals surface area contributed by atoms with Crippen molar-refractivity contribution in [2.24, 2.45) is 0 Å². The number of imide groups is 1. The fourth-order valence-corrected chi connectivity index (χ4v) is 2.54. The highest BCUT2D eigenvalue weighted by Crippen LogP contribution is 2.21. The standard InChI is InChI=1S/C10H16N6O2S/c1-10(2,3)16-9(12-13-14-16)19-6-7(17)15-5-4-11-8(15)18/h4-6H2,1-3H3,(H,11,18). The maximum absolute atomic E-state index is 11.9. The van der Waals surface area contributed by atoms with Crippen LogP contribution in [-0.4, -0.2) is 55.9 Å². The molecule has 8 nitrogen and oxygen atoms in total. The largest absolute Gasteiger partial charge is 0.336 e. The number of aromatic nitrogens is 4. The van der Waals surface area contributed by atoms with E-state index in [2.05, 4.69) is 20.8 Å². The number of hydrogen-bond donors (Lipinski definition) is 1. The van der Waals surface area contributed by atoms with Crippen LogP contribution in [0.1, 0.15) is 20.8 Å². The molecule has 19 heavy (non-hydrogen) atoms. The zero-order chi connectivity index (χ0) is 14.0. The molecule has 0 saturated carbocycles. The molecule has 0 radical (unpaired) electrons. The molecular weight excluding hydrogens is 268 g/mol. The van der Waals surface area contributed by atoms with Crippen molar-refractivity contribution in [2.75, 3.05) is 18.8 Å². The normalized spacial score (nSPS) is 15.7. The Labute approximate surface area is 114 Å². The highest BCUT2D eigenvalue weighted by molar-refractivity contribution is 7.99. The Morgan fingerprint density at radius 1 is 1.47 bits per heavy atom. The van der Waals surface area contributed by atoms with Gasteiger partial charge in [-0.2, -0.15) is 0 Å². The van der Waals surface area contributed by atoms with Crippen LogP contribution in [0.15, 0.2) is 5.16 Å². The summed E-state index contributed by atoms with van der Waals surface area (Å²) in [5.41, 5.74) is -0.250. The van der Waals surface area contributed by atoms with E-state index in [4.69, 9.17) is 0 Å². The van der Waals surface area contributed by atoms with Crippen LogP contribution in [0.3, 0.4) is 0 Å². The summed E-state index contributed by atoms with van der Waals surface area (Å²) in [4.78, 5) is 24.4. The third-order valence-corrected chi connectivity index (χ3v) is 3.46. The number of amides is 3. The Kier molecular flexibility index (Phi) is 3.74. The van der Waals surface area contributed by atoms with Gasteiger partial charge in [-0.05, 0) is 31.2 Å². The average molecular weight is 284 g/mol. The number of nitrogens with zero attached hydrogens (tertiary/aromatic N) is 5. The number of carbonyl (C=O) groups excluding carboxylic acids is 2. The predicted octanol–water partition coefficient (Wildman–Crippen LogP) is 0.0720. The van der Waals surface area contributed by atoms with Gasteiger partial charge in [-0.3, -0.25) is 9.69 Å². The number of thioether (sulfide) groups is 1. The molecule has 0 atom stereocenters. The van der Waals surface area contributed by atoms with Crippen LogP contribution in [-0.2, 0) is 10.3 Å². The van der Waals surface area contributed by atoms with Gasteiger partial charge in [0.2, 0.25) is 11.1 Å². The molecule has 2 heterocycles. The van der Waals surface area contributed by atoms with Gasteiger partial charge in [-0.1, -0.05) is 11.8 Å². The summed E-state index contributed by atoms with van der Waals surface area (Å²) in [6.07, 6.45) is 0. The highest BCUT2D eigenvalue weighted by Gasteiger charge is 2.27. The summed E-state index contributed by atoms with van der Waals surface area (Å²) in [6, 6.07) is -0.332. The lowest BCUT2D eigenvalue weighted by atomic mass is 10.1. The van der Waals surface area contributed by atoms with E-state index in [-0.39, 0.29) is 23.2 Å². The van der Waals surface area contributed by atoms with Gasteiger partial charge in [0.1, 0.15) is 0 Å². The van der Waals surface area contributed by atoms with Crippen LogP contribution in [0, 0.1) is 0 Å². The Balaban J connectivity index is 1.98. The Bertz CT molecular complexity index is 494. The molecule has 2 rings (SSSR count). The maximum atomic E-state index is 11.9. The zero-order valence-electron chi connectivity index (χ0n) is 11.1. The molecule has 0 bridgehead atoms. The van der Waals surface area contributed by atoms with E-state index < -0.39 is 0 Å². The summed E-state index contributed by atoms with van der Waals surface area (Å²) in [5.74, 6) is -0.0902. The molecule has 1 aromatic heterocycles. The predicted molar refractivity (Wildman–Crippen MR) is 68.6 cm³/mol. The summed E-state index contributed by atoms with van der Waals surface area (Å²) in [5, 5.41) is 14.6. The molecule has 1 saturated heterocycles. The molecular formula is C10H16N6O2S. The van der Waals surface area contributed by atoms with Crippen LogP contribution in [0.2, 0.25) is 0 Å². The fourth-order valence-electron chi connectivity index (χ4n) is 1.60. The molecule has 0 unspecified atom stereocenters. The lowest BCUT2D eigenvalue weighted by Crippen LogP contribution is -2.35. The zero-order valence-corrected chi connectivity index (χ0v) is 11.9. The second-order valence-corrected chi connectivity index (χ2v) is 6.05. The number of nitrogens with one attached hydrogen (secondary N) is 1. The number of urea groups is 1. The van der Waals surface area contributed by atoms with Crippen LogP contribution in [0.4, 0.5) is 4.79 Å². The van der Waals surface area contributed by atoms with Crippen molar-refractivity contribution in [2.45, 2.75) is 31.5 Å². The van der Waals surface area contributed by atoms with Crippen molar-refractivity contribution < 1.29 is 9.59 Å². The molecule has 1 aliphatic heterocycles. The van der Waals surface area contributed by atoms with E-state index in [0.29, 0.717) is 18.2 Å². The Morgan fingerprint density at radius 3 is 2.79 bits per heavy atom. The smallest absolute Gasteiger partial charge is 0.324 e. The van der Waals surface area contributed by atoms with E-state index >= 15 is 0 Å². The second-order valence-electron chi connectivity index (χ2n) is 5.11. The van der Waals surface area contributed by atoms with Crippen molar-refractivity contribution >= 4 is 23.7 Å². The molecule has 9 heteroatoms. The van der Waals surface area contributed by atoms with E-state index in [0.717, 1.165) is 0 Å². The molecule has 0 aliphatic carbocycles. The van der Waals surface area contributed by atoms with Crippen molar-refractivity contribution in [3.63, 3.8) is 0 Å². The average Bonchev–Trinajstić information content (AvgIpc) is 2.93. The van der Waals surface area contributed by atoms with E-state index in [1.165, 1.54) is 16.7 Å². The first kappa shape index (κ1) is 13.8. The minimum atomic E-state index is -0.332. The maximum Gasteiger partial charge on any atom is 0.324 e. The minimum absolute atomic E-state index is 0.143. The number of carbonyl (C=O) groups is 2. The first-order valence-corrected chi connectivity index (χ1v) is 6.88. The molecule has 1 fully saturated rings. The van der Waals surface area contributed by atoms with Gasteiger partial charge < -0.3 is 5.32 Å². The number of rotatable bonds is 3. The molecule has 1 N–H and O–H groups in total. The molecule has 3 amide bonds. The lowest BCUT2D eigenvalue weighted by Gasteiger charge is -2.19. The number of hydrogen-bond acceptors (Lipinski definition) is 6. The summed E-state index contributed by atoms with van der Waals surface area (Å²) in [6.45, 7) is 6.85. The van der Waals surface area contributed by atoms with Crippen LogP contribution in [0.5, 0.6) is 0 Å². The van der Waals surface area contributed by atoms with E-state index in [1.807, 2.05) is 20.8 Å². The van der Waals surface area contributed by atoms with E-state index in [1.54, 1.807) is 4.68 Å². The van der Waals surface area contributed by atoms with Crippen molar-refractivity contribution in [1.29, 1.82) is 0 Å². The van der Waals surface area contributed by atoms with Gasteiger partial charge in [-0.15, -0.1) is 5.10 Å². The summed E-state index contributed by atoms with van der Waals surface area (Å²) in [7, 11) is 0. The number of tetrazole rings is 1. The minimum Gasteiger partial charge on any atom is -0.336 e. The highest BCUT2D eigenvalue weighted by atomic mass is 32.2. The molecule has 1 aliphatic rings. The third kappa shape index (κ3) is 3.03. The topological polar surface area (TPSA) is 93.0 Å². The van der Waals surface area contributed by atoms with Crippen molar-refractivity contribution in [3.8, 4) is 0 Å².